The zero-order valence-electron chi connectivity index (χ0n) is 21.0. The smallest absolute Gasteiger partial charge is 0.393 e. The van der Waals surface area contributed by atoms with Crippen molar-refractivity contribution < 1.29 is 27.9 Å². The Morgan fingerprint density at radius 2 is 1.75 bits per heavy atom. The molecule has 40 heavy (non-hydrogen) atoms. The van der Waals surface area contributed by atoms with Gasteiger partial charge in [0.1, 0.15) is 0 Å². The highest BCUT2D eigenvalue weighted by Crippen LogP contribution is 2.34. The van der Waals surface area contributed by atoms with Gasteiger partial charge >= 0.3 is 6.18 Å². The second-order valence-corrected chi connectivity index (χ2v) is 10.6. The van der Waals surface area contributed by atoms with Gasteiger partial charge in [-0.1, -0.05) is 45.7 Å². The van der Waals surface area contributed by atoms with Crippen molar-refractivity contribution >= 4 is 51.2 Å². The van der Waals surface area contributed by atoms with Crippen molar-refractivity contribution in [3.8, 4) is 0 Å². The van der Waals surface area contributed by atoms with E-state index in [1.165, 1.54) is 12.1 Å². The van der Waals surface area contributed by atoms with Gasteiger partial charge in [-0.15, -0.1) is 0 Å². The molecule has 12 heteroatoms. The van der Waals surface area contributed by atoms with E-state index in [-0.39, 0.29) is 22.9 Å². The Labute approximate surface area is 242 Å². The van der Waals surface area contributed by atoms with Gasteiger partial charge in [-0.05, 0) is 66.4 Å². The van der Waals surface area contributed by atoms with E-state index in [1.807, 2.05) is 12.1 Å². The number of hydrogen-bond acceptors (Lipinski definition) is 5. The van der Waals surface area contributed by atoms with E-state index in [9.17, 15) is 27.9 Å². The quantitative estimate of drug-likeness (QED) is 0.216. The van der Waals surface area contributed by atoms with Crippen LogP contribution in [0.15, 0.2) is 70.2 Å². The summed E-state index contributed by atoms with van der Waals surface area (Å²) in [6, 6.07) is 15.1. The lowest BCUT2D eigenvalue weighted by Crippen LogP contribution is -2.35. The lowest BCUT2D eigenvalue weighted by Gasteiger charge is -2.29. The maximum Gasteiger partial charge on any atom is 0.417 e. The first-order valence-electron chi connectivity index (χ1n) is 12.3. The second kappa shape index (κ2) is 12.9. The fourth-order valence-corrected chi connectivity index (χ4v) is 4.76. The van der Waals surface area contributed by atoms with Crippen molar-refractivity contribution in [1.29, 1.82) is 0 Å². The largest absolute Gasteiger partial charge is 0.417 e. The van der Waals surface area contributed by atoms with Crippen LogP contribution in [0.3, 0.4) is 0 Å². The molecule has 1 aliphatic rings. The number of nitrogens with one attached hydrogen (secondary N) is 2. The molecule has 0 aliphatic carbocycles. The van der Waals surface area contributed by atoms with Gasteiger partial charge in [0.15, 0.2) is 0 Å². The third kappa shape index (κ3) is 7.91. The van der Waals surface area contributed by atoms with Crippen molar-refractivity contribution in [2.75, 3.05) is 18.4 Å². The van der Waals surface area contributed by atoms with Crippen LogP contribution in [0.25, 0.3) is 0 Å². The molecule has 3 aromatic rings. The first kappa shape index (κ1) is 29.7. The highest BCUT2D eigenvalue weighted by molar-refractivity contribution is 9.10. The van der Waals surface area contributed by atoms with Gasteiger partial charge in [-0.2, -0.15) is 18.3 Å². The molecule has 0 unspecified atom stereocenters. The molecule has 210 valence electrons. The van der Waals surface area contributed by atoms with Crippen LogP contribution < -0.4 is 10.7 Å². The number of aliphatic hydroxyl groups excluding tert-OH is 1. The van der Waals surface area contributed by atoms with Crippen LogP contribution in [0.2, 0.25) is 5.02 Å². The summed E-state index contributed by atoms with van der Waals surface area (Å²) in [5, 5.41) is 15.7. The normalized spacial score (nSPS) is 14.8. The van der Waals surface area contributed by atoms with Gasteiger partial charge in [0.2, 0.25) is 0 Å². The van der Waals surface area contributed by atoms with Crippen molar-refractivity contribution in [2.45, 2.75) is 31.7 Å². The molecule has 2 amide bonds. The lowest BCUT2D eigenvalue weighted by molar-refractivity contribution is -0.137. The number of halogens is 5. The Morgan fingerprint density at radius 3 is 2.42 bits per heavy atom. The Hall–Kier alpha value is -3.25. The molecule has 1 saturated heterocycles. The maximum atomic E-state index is 13.1. The maximum absolute atomic E-state index is 13.1. The van der Waals surface area contributed by atoms with Gasteiger partial charge in [0.05, 0.1) is 34.2 Å². The van der Waals surface area contributed by atoms with Crippen LogP contribution in [-0.4, -0.2) is 47.2 Å². The van der Waals surface area contributed by atoms with Crippen molar-refractivity contribution in [3.05, 3.63) is 98.0 Å². The van der Waals surface area contributed by atoms with Crippen LogP contribution >= 0.6 is 27.5 Å². The number of carbonyl (C=O) groups excluding carboxylic acids is 2. The van der Waals surface area contributed by atoms with Crippen LogP contribution in [0.5, 0.6) is 0 Å². The molecule has 0 spiro atoms. The summed E-state index contributed by atoms with van der Waals surface area (Å²) in [5.74, 6) is -1.10. The first-order chi connectivity index (χ1) is 19.0. The zero-order valence-corrected chi connectivity index (χ0v) is 23.4. The van der Waals surface area contributed by atoms with Gasteiger partial charge < -0.3 is 10.4 Å². The van der Waals surface area contributed by atoms with E-state index >= 15 is 0 Å². The summed E-state index contributed by atoms with van der Waals surface area (Å²) in [5.41, 5.74) is 3.10. The van der Waals surface area contributed by atoms with Gasteiger partial charge in [-0.3, -0.25) is 14.5 Å². The third-order valence-corrected chi connectivity index (χ3v) is 7.15. The molecule has 3 aromatic carbocycles. The van der Waals surface area contributed by atoms with Crippen LogP contribution in [-0.2, 0) is 12.7 Å². The monoisotopic (exact) mass is 636 g/mol. The molecule has 1 heterocycles. The molecular weight excluding hydrogens is 613 g/mol. The van der Waals surface area contributed by atoms with Gasteiger partial charge in [-0.25, -0.2) is 5.43 Å². The van der Waals surface area contributed by atoms with Crippen molar-refractivity contribution in [1.82, 2.24) is 10.3 Å². The summed E-state index contributed by atoms with van der Waals surface area (Å²) in [6.07, 6.45) is -2.32. The molecule has 0 saturated carbocycles. The Morgan fingerprint density at radius 1 is 1.05 bits per heavy atom. The number of alkyl halides is 3. The van der Waals surface area contributed by atoms with E-state index in [4.69, 9.17) is 11.6 Å². The van der Waals surface area contributed by atoms with E-state index in [1.54, 1.807) is 24.3 Å². The molecule has 1 aliphatic heterocycles. The highest BCUT2D eigenvalue weighted by atomic mass is 79.9. The lowest BCUT2D eigenvalue weighted by atomic mass is 10.1. The minimum atomic E-state index is -4.63. The van der Waals surface area contributed by atoms with E-state index in [0.29, 0.717) is 10.0 Å². The van der Waals surface area contributed by atoms with Crippen molar-refractivity contribution in [3.63, 3.8) is 0 Å². The average molecular weight is 638 g/mol. The Balaban J connectivity index is 1.41. The number of amides is 2. The molecule has 1 fully saturated rings. The predicted octanol–water partition coefficient (Wildman–Crippen LogP) is 6.09. The minimum Gasteiger partial charge on any atom is -0.393 e. The SMILES string of the molecule is O=C(Nc1ccc(Br)cc1C(=O)N/N=C\c1ccc(Cl)c(C(F)(F)F)c1)c1ccc(CN2CCC(O)CC2)cc1. The molecule has 0 atom stereocenters. The number of benzene rings is 3. The number of aliphatic hydroxyl groups is 1. The number of hydrazone groups is 1. The number of piperidine rings is 1. The molecular formula is C28H25BrClF3N4O3. The summed E-state index contributed by atoms with van der Waals surface area (Å²) < 4.78 is 39.8. The predicted molar refractivity (Wildman–Crippen MR) is 151 cm³/mol. The fraction of sp³-hybridized carbons (Fsp3) is 0.250. The molecule has 3 N–H and O–H groups in total. The number of likely N-dealkylation sites (tertiary alicyclic amines) is 1. The molecule has 7 nitrogen and oxygen atoms in total. The third-order valence-electron chi connectivity index (χ3n) is 6.33. The molecule has 4 rings (SSSR count). The van der Waals surface area contributed by atoms with E-state index in [2.05, 4.69) is 36.7 Å². The number of rotatable bonds is 7. The molecule has 0 aromatic heterocycles. The first-order valence-corrected chi connectivity index (χ1v) is 13.5. The summed E-state index contributed by atoms with van der Waals surface area (Å²) in [7, 11) is 0. The fourth-order valence-electron chi connectivity index (χ4n) is 4.17. The standard InChI is InChI=1S/C28H25BrClF3N4O3/c29-20-6-8-25(35-26(39)19-4-1-17(2-5-19)16-37-11-9-21(38)10-12-37)22(14-20)27(40)36-34-15-18-3-7-24(30)23(13-18)28(31,32)33/h1-8,13-15,21,38H,9-12,16H2,(H,35,39)(H,36,40)/b34-15-. The number of carbonyl (C=O) groups is 2. The molecule has 0 bridgehead atoms. The van der Waals surface area contributed by atoms with E-state index in [0.717, 1.165) is 56.4 Å². The van der Waals surface area contributed by atoms with Gasteiger partial charge in [0.25, 0.3) is 11.8 Å². The number of hydrogen-bond donors (Lipinski definition) is 3. The number of anilines is 1. The van der Waals surface area contributed by atoms with Crippen LogP contribution in [0.4, 0.5) is 18.9 Å². The minimum absolute atomic E-state index is 0.0844. The summed E-state index contributed by atoms with van der Waals surface area (Å²) >= 11 is 8.93. The summed E-state index contributed by atoms with van der Waals surface area (Å²) in [6.45, 7) is 2.35. The van der Waals surface area contributed by atoms with Crippen molar-refractivity contribution in [2.24, 2.45) is 5.10 Å². The average Bonchev–Trinajstić information content (AvgIpc) is 2.91. The zero-order chi connectivity index (χ0) is 28.9. The highest BCUT2D eigenvalue weighted by Gasteiger charge is 2.33. The van der Waals surface area contributed by atoms with Crippen LogP contribution in [0.1, 0.15) is 50.2 Å². The summed E-state index contributed by atoms with van der Waals surface area (Å²) in [4.78, 5) is 28.0. The topological polar surface area (TPSA) is 94.0 Å². The Kier molecular flexibility index (Phi) is 9.62. The van der Waals surface area contributed by atoms with Gasteiger partial charge in [0, 0.05) is 29.7 Å². The number of nitrogens with zero attached hydrogens (tertiary/aromatic N) is 2. The Bertz CT molecular complexity index is 1410. The van der Waals surface area contributed by atoms with Crippen LogP contribution in [0, 0.1) is 0 Å². The van der Waals surface area contributed by atoms with E-state index < -0.39 is 28.6 Å². The molecule has 0 radical (unpaired) electrons. The second-order valence-electron chi connectivity index (χ2n) is 9.28.